The van der Waals surface area contributed by atoms with Crippen molar-refractivity contribution in [3.05, 3.63) is 49.3 Å². The van der Waals surface area contributed by atoms with E-state index in [1.165, 1.54) is 6.08 Å². The zero-order valence-corrected chi connectivity index (χ0v) is 21.3. The highest BCUT2D eigenvalue weighted by Gasteiger charge is 2.51. The fourth-order valence-electron chi connectivity index (χ4n) is 5.88. The van der Waals surface area contributed by atoms with E-state index in [1.54, 1.807) is 11.2 Å². The number of fused-ring (bicyclic) bond motifs is 1. The number of nitrogens with zero attached hydrogens (tertiary/aromatic N) is 4. The first-order valence-corrected chi connectivity index (χ1v) is 13.1. The summed E-state index contributed by atoms with van der Waals surface area (Å²) in [4.78, 5) is 41.1. The van der Waals surface area contributed by atoms with E-state index in [4.69, 9.17) is 4.74 Å². The van der Waals surface area contributed by atoms with Crippen LogP contribution in [0.15, 0.2) is 49.3 Å². The van der Waals surface area contributed by atoms with Gasteiger partial charge in [0.2, 0.25) is 5.91 Å². The Kier molecular flexibility index (Phi) is 6.16. The van der Waals surface area contributed by atoms with Crippen molar-refractivity contribution < 1.29 is 19.4 Å². The molecule has 0 atom stereocenters. The molecule has 1 spiro atoms. The molecule has 0 bridgehead atoms. The predicted octanol–water partition coefficient (Wildman–Crippen LogP) is 2.72. The molecule has 38 heavy (non-hydrogen) atoms. The van der Waals surface area contributed by atoms with E-state index < -0.39 is 5.60 Å². The number of morpholine rings is 1. The number of aromatic amines is 1. The molecule has 4 heterocycles. The van der Waals surface area contributed by atoms with Crippen LogP contribution in [-0.2, 0) is 14.3 Å². The quantitative estimate of drug-likeness (QED) is 0.446. The molecule has 0 radical (unpaired) electrons. The topological polar surface area (TPSA) is 124 Å². The second kappa shape index (κ2) is 9.52. The summed E-state index contributed by atoms with van der Waals surface area (Å²) < 4.78 is 5.47. The lowest BCUT2D eigenvalue weighted by atomic mass is 9.64. The van der Waals surface area contributed by atoms with Crippen LogP contribution in [0.1, 0.15) is 25.7 Å². The maximum Gasteiger partial charge on any atom is 0.256 e. The van der Waals surface area contributed by atoms with Crippen LogP contribution in [0.3, 0.4) is 0 Å². The van der Waals surface area contributed by atoms with Gasteiger partial charge in [-0.2, -0.15) is 0 Å². The third-order valence-corrected chi connectivity index (χ3v) is 8.27. The van der Waals surface area contributed by atoms with Gasteiger partial charge in [0, 0.05) is 43.0 Å². The molecule has 2 aromatic heterocycles. The highest BCUT2D eigenvalue weighted by molar-refractivity contribution is 5.97. The molecule has 10 heteroatoms. The summed E-state index contributed by atoms with van der Waals surface area (Å²) in [6.07, 6.45) is 5.10. The van der Waals surface area contributed by atoms with Crippen LogP contribution < -0.4 is 10.2 Å². The molecule has 3 N–H and O–H groups in total. The van der Waals surface area contributed by atoms with E-state index in [-0.39, 0.29) is 17.2 Å². The van der Waals surface area contributed by atoms with Crippen molar-refractivity contribution in [2.24, 2.45) is 5.41 Å². The van der Waals surface area contributed by atoms with Gasteiger partial charge in [-0.3, -0.25) is 9.59 Å². The Hall–Kier alpha value is -3.76. The van der Waals surface area contributed by atoms with E-state index >= 15 is 0 Å². The number of benzene rings is 1. The van der Waals surface area contributed by atoms with Crippen molar-refractivity contribution in [2.75, 3.05) is 49.6 Å². The number of ether oxygens (including phenoxy) is 1. The van der Waals surface area contributed by atoms with Gasteiger partial charge in [0.1, 0.15) is 23.4 Å². The van der Waals surface area contributed by atoms with Crippen LogP contribution in [0, 0.1) is 5.41 Å². The highest BCUT2D eigenvalue weighted by Crippen LogP contribution is 2.47. The minimum atomic E-state index is -1.40. The molecule has 0 unspecified atom stereocenters. The van der Waals surface area contributed by atoms with Crippen molar-refractivity contribution >= 4 is 34.4 Å². The summed E-state index contributed by atoms with van der Waals surface area (Å²) in [5, 5.41) is 14.9. The van der Waals surface area contributed by atoms with Crippen LogP contribution in [0.4, 0.5) is 11.5 Å². The summed E-state index contributed by atoms with van der Waals surface area (Å²) in [5.74, 6) is 0.458. The molecule has 3 aromatic rings. The Labute approximate surface area is 220 Å². The van der Waals surface area contributed by atoms with Gasteiger partial charge in [0.25, 0.3) is 5.91 Å². The standard InChI is InChI=1S/C28H32N6O4/c1-2-23(35)34-16-27(17-34)7-9-28(37,10-8-27)26(36)31-20-5-3-19(4-6-20)22-15-21-24(32-22)29-18-30-25(21)33-11-13-38-14-12-33/h2-6,15,18,37H,1,7-14,16-17H2,(H,31,36)(H,29,30,32). The molecule has 198 valence electrons. The summed E-state index contributed by atoms with van der Waals surface area (Å²) in [6.45, 7) is 7.83. The molecule has 2 saturated heterocycles. The molecule has 2 amide bonds. The van der Waals surface area contributed by atoms with Gasteiger partial charge in [0.05, 0.1) is 18.6 Å². The molecule has 6 rings (SSSR count). The predicted molar refractivity (Wildman–Crippen MR) is 144 cm³/mol. The lowest BCUT2D eigenvalue weighted by Gasteiger charge is -2.54. The van der Waals surface area contributed by atoms with Gasteiger partial charge in [0.15, 0.2) is 0 Å². The zero-order valence-electron chi connectivity index (χ0n) is 21.3. The fraction of sp³-hybridized carbons (Fsp3) is 0.429. The average molecular weight is 517 g/mol. The van der Waals surface area contributed by atoms with Crippen molar-refractivity contribution in [1.29, 1.82) is 0 Å². The number of aromatic nitrogens is 3. The Morgan fingerprint density at radius 1 is 1.08 bits per heavy atom. The van der Waals surface area contributed by atoms with Gasteiger partial charge in [-0.1, -0.05) is 18.7 Å². The van der Waals surface area contributed by atoms with Crippen molar-refractivity contribution in [1.82, 2.24) is 19.9 Å². The molecule has 1 aliphatic carbocycles. The first-order valence-electron chi connectivity index (χ1n) is 13.1. The van der Waals surface area contributed by atoms with Gasteiger partial charge in [-0.25, -0.2) is 9.97 Å². The number of hydrogen-bond donors (Lipinski definition) is 3. The van der Waals surface area contributed by atoms with Gasteiger partial charge < -0.3 is 29.9 Å². The molecule has 1 saturated carbocycles. The lowest BCUT2D eigenvalue weighted by molar-refractivity contribution is -0.153. The third-order valence-electron chi connectivity index (χ3n) is 8.27. The molecule has 3 aliphatic rings. The molecule has 1 aromatic carbocycles. The van der Waals surface area contributed by atoms with E-state index in [9.17, 15) is 14.7 Å². The van der Waals surface area contributed by atoms with Crippen LogP contribution in [0.2, 0.25) is 0 Å². The first-order chi connectivity index (χ1) is 18.4. The zero-order chi connectivity index (χ0) is 26.3. The van der Waals surface area contributed by atoms with Crippen molar-refractivity contribution in [3.63, 3.8) is 0 Å². The monoisotopic (exact) mass is 516 g/mol. The summed E-state index contributed by atoms with van der Waals surface area (Å²) >= 11 is 0. The highest BCUT2D eigenvalue weighted by atomic mass is 16.5. The SMILES string of the molecule is C=CC(=O)N1CC2(CCC(O)(C(=O)Nc3ccc(-c4cc5c(N6CCOCC6)ncnc5[nH]4)cc3)CC2)C1. The summed E-state index contributed by atoms with van der Waals surface area (Å²) in [5.41, 5.74) is 1.87. The molecule has 2 aliphatic heterocycles. The van der Waals surface area contributed by atoms with Gasteiger partial charge >= 0.3 is 0 Å². The number of H-pyrrole nitrogens is 1. The number of nitrogens with one attached hydrogen (secondary N) is 2. The van der Waals surface area contributed by atoms with E-state index in [0.29, 0.717) is 57.7 Å². The minimum absolute atomic E-state index is 0.0123. The van der Waals surface area contributed by atoms with Gasteiger partial charge in [-0.05, 0) is 55.5 Å². The normalized spacial score (nSPS) is 20.2. The first kappa shape index (κ1) is 24.6. The Balaban J connectivity index is 1.10. The van der Waals surface area contributed by atoms with Crippen LogP contribution >= 0.6 is 0 Å². The smallest absolute Gasteiger partial charge is 0.256 e. The largest absolute Gasteiger partial charge is 0.380 e. The van der Waals surface area contributed by atoms with E-state index in [1.807, 2.05) is 24.3 Å². The Morgan fingerprint density at radius 2 is 1.79 bits per heavy atom. The van der Waals surface area contributed by atoms with Crippen molar-refractivity contribution in [3.8, 4) is 11.3 Å². The van der Waals surface area contributed by atoms with E-state index in [0.717, 1.165) is 41.2 Å². The second-order valence-electron chi connectivity index (χ2n) is 10.7. The van der Waals surface area contributed by atoms with Gasteiger partial charge in [-0.15, -0.1) is 0 Å². The maximum atomic E-state index is 13.0. The Bertz CT molecular complexity index is 1360. The number of carbonyl (C=O) groups excluding carboxylic acids is 2. The van der Waals surface area contributed by atoms with E-state index in [2.05, 4.69) is 37.8 Å². The number of aliphatic hydroxyl groups is 1. The van der Waals surface area contributed by atoms with Crippen LogP contribution in [-0.4, -0.2) is 81.8 Å². The number of rotatable bonds is 5. The molecule has 3 fully saturated rings. The van der Waals surface area contributed by atoms with Crippen LogP contribution in [0.25, 0.3) is 22.3 Å². The summed E-state index contributed by atoms with van der Waals surface area (Å²) in [7, 11) is 0. The number of hydrogen-bond acceptors (Lipinski definition) is 7. The number of amides is 2. The summed E-state index contributed by atoms with van der Waals surface area (Å²) in [6, 6.07) is 9.60. The second-order valence-corrected chi connectivity index (χ2v) is 10.7. The fourth-order valence-corrected chi connectivity index (χ4v) is 5.88. The average Bonchev–Trinajstić information content (AvgIpc) is 3.37. The lowest BCUT2D eigenvalue weighted by Crippen LogP contribution is -2.61. The third kappa shape index (κ3) is 4.43. The number of likely N-dealkylation sites (tertiary alicyclic amines) is 1. The molecule has 10 nitrogen and oxygen atoms in total. The molecular formula is C28H32N6O4. The number of anilines is 2. The maximum absolute atomic E-state index is 13.0. The molecular weight excluding hydrogens is 484 g/mol. The number of carbonyl (C=O) groups is 2. The minimum Gasteiger partial charge on any atom is -0.380 e. The Morgan fingerprint density at radius 3 is 2.47 bits per heavy atom. The van der Waals surface area contributed by atoms with Crippen LogP contribution in [0.5, 0.6) is 0 Å². The van der Waals surface area contributed by atoms with Crippen molar-refractivity contribution in [2.45, 2.75) is 31.3 Å².